The first-order valence-electron chi connectivity index (χ1n) is 18.9. The van der Waals surface area contributed by atoms with Crippen molar-refractivity contribution >= 4 is 55.4 Å². The van der Waals surface area contributed by atoms with Crippen molar-refractivity contribution < 1.29 is 4.42 Å². The molecule has 0 bridgehead atoms. The zero-order chi connectivity index (χ0) is 37.0. The van der Waals surface area contributed by atoms with Crippen LogP contribution >= 0.6 is 0 Å². The Morgan fingerprint density at radius 3 is 1.88 bits per heavy atom. The zero-order valence-electron chi connectivity index (χ0n) is 30.3. The minimum atomic E-state index is -0.312. The quantitative estimate of drug-likeness (QED) is 0.186. The van der Waals surface area contributed by atoms with E-state index in [2.05, 4.69) is 180 Å². The molecule has 2 aromatic heterocycles. The van der Waals surface area contributed by atoms with Gasteiger partial charge in [-0.05, 0) is 70.3 Å². The van der Waals surface area contributed by atoms with Gasteiger partial charge in [0, 0.05) is 27.3 Å². The lowest BCUT2D eigenvalue weighted by Crippen LogP contribution is -2.33. The number of nitrogens with one attached hydrogen (secondary N) is 1. The maximum Gasteiger partial charge on any atom is 0.159 e. The van der Waals surface area contributed by atoms with E-state index in [9.17, 15) is 0 Å². The number of para-hydroxylation sites is 1. The Hall–Kier alpha value is -7.50. The molecule has 0 saturated carbocycles. The molecule has 1 aliphatic heterocycles. The van der Waals surface area contributed by atoms with Gasteiger partial charge in [0.15, 0.2) is 5.84 Å². The molecule has 10 aromatic rings. The summed E-state index contributed by atoms with van der Waals surface area (Å²) in [5.41, 5.74) is 12.6. The van der Waals surface area contributed by atoms with Crippen LogP contribution in [-0.2, 0) is 0 Å². The van der Waals surface area contributed by atoms with Gasteiger partial charge in [0.2, 0.25) is 0 Å². The van der Waals surface area contributed by atoms with E-state index in [1.165, 1.54) is 21.9 Å². The number of aromatic nitrogens is 1. The molecule has 1 aliphatic rings. The van der Waals surface area contributed by atoms with Crippen molar-refractivity contribution in [1.82, 2.24) is 9.88 Å². The Balaban J connectivity index is 1.06. The number of benzene rings is 8. The number of fused-ring (bicyclic) bond motifs is 6. The van der Waals surface area contributed by atoms with E-state index < -0.39 is 0 Å². The van der Waals surface area contributed by atoms with Crippen LogP contribution in [-0.4, -0.2) is 16.2 Å². The molecule has 5 heteroatoms. The lowest BCUT2D eigenvalue weighted by Gasteiger charge is -2.24. The molecular weight excluding hydrogens is 685 g/mol. The summed E-state index contributed by atoms with van der Waals surface area (Å²) >= 11 is 0. The van der Waals surface area contributed by atoms with Gasteiger partial charge >= 0.3 is 0 Å². The third-order valence-corrected chi connectivity index (χ3v) is 10.9. The predicted octanol–water partition coefficient (Wildman–Crippen LogP) is 12.5. The van der Waals surface area contributed by atoms with Crippen LogP contribution < -0.4 is 5.32 Å². The van der Waals surface area contributed by atoms with Gasteiger partial charge in [0.25, 0.3) is 0 Å². The second kappa shape index (κ2) is 13.1. The Kier molecular flexibility index (Phi) is 7.49. The second-order valence-electron chi connectivity index (χ2n) is 14.2. The molecule has 0 saturated heterocycles. The summed E-state index contributed by atoms with van der Waals surface area (Å²) in [6.45, 7) is 0. The van der Waals surface area contributed by atoms with Crippen molar-refractivity contribution in [3.05, 3.63) is 211 Å². The van der Waals surface area contributed by atoms with E-state index in [0.29, 0.717) is 5.84 Å². The van der Waals surface area contributed by atoms with Crippen LogP contribution in [0.2, 0.25) is 0 Å². The molecule has 8 aromatic carbocycles. The monoisotopic (exact) mass is 718 g/mol. The van der Waals surface area contributed by atoms with Crippen molar-refractivity contribution in [3.63, 3.8) is 0 Å². The number of aliphatic imine (C=N–C) groups is 2. The highest BCUT2D eigenvalue weighted by atomic mass is 16.3. The van der Waals surface area contributed by atoms with E-state index in [1.54, 1.807) is 0 Å². The summed E-state index contributed by atoms with van der Waals surface area (Å²) < 4.78 is 9.09. The number of rotatable bonds is 6. The molecule has 3 heterocycles. The Morgan fingerprint density at radius 1 is 0.446 bits per heavy atom. The van der Waals surface area contributed by atoms with Crippen LogP contribution in [0.25, 0.3) is 71.7 Å². The normalized spacial score (nSPS) is 14.2. The maximum absolute atomic E-state index is 6.70. The van der Waals surface area contributed by atoms with Crippen molar-refractivity contribution in [2.75, 3.05) is 0 Å². The molecule has 11 rings (SSSR count). The fourth-order valence-electron chi connectivity index (χ4n) is 8.18. The molecule has 56 heavy (non-hydrogen) atoms. The molecule has 0 fully saturated rings. The third kappa shape index (κ3) is 5.40. The average molecular weight is 719 g/mol. The molecule has 1 atom stereocenters. The first kappa shape index (κ1) is 32.0. The highest BCUT2D eigenvalue weighted by molar-refractivity contribution is 6.17. The third-order valence-electron chi connectivity index (χ3n) is 10.9. The van der Waals surface area contributed by atoms with Crippen LogP contribution in [0.1, 0.15) is 22.9 Å². The number of hydrogen-bond acceptors (Lipinski definition) is 4. The maximum atomic E-state index is 6.70. The fourth-order valence-corrected chi connectivity index (χ4v) is 8.18. The number of hydrogen-bond donors (Lipinski definition) is 1. The van der Waals surface area contributed by atoms with Gasteiger partial charge in [-0.25, -0.2) is 9.98 Å². The standard InChI is InChI=1S/C51H34N4O/c1-4-14-33(15-5-1)36-20-12-21-38(30-36)50-52-49(35-18-8-3-9-19-35)53-51(54-50)39-27-29-42-47(32-39)56-46-25-13-24-44(48(42)46)55-43-23-11-10-22-40(43)41-28-26-37(31-45(41)55)34-16-6-2-7-17-34/h1-32,49H,(H,52,53,54). The second-order valence-corrected chi connectivity index (χ2v) is 14.2. The molecule has 264 valence electrons. The Bertz CT molecular complexity index is 3160. The summed E-state index contributed by atoms with van der Waals surface area (Å²) in [6.07, 6.45) is -0.312. The number of nitrogens with zero attached hydrogens (tertiary/aromatic N) is 3. The smallest absolute Gasteiger partial charge is 0.159 e. The van der Waals surface area contributed by atoms with Gasteiger partial charge in [-0.3, -0.25) is 0 Å². The molecule has 0 spiro atoms. The van der Waals surface area contributed by atoms with Crippen LogP contribution in [0.5, 0.6) is 0 Å². The molecule has 0 amide bonds. The number of furan rings is 1. The van der Waals surface area contributed by atoms with E-state index in [4.69, 9.17) is 14.4 Å². The van der Waals surface area contributed by atoms with Crippen LogP contribution in [0.4, 0.5) is 0 Å². The molecule has 1 N–H and O–H groups in total. The van der Waals surface area contributed by atoms with Gasteiger partial charge in [0.1, 0.15) is 23.2 Å². The van der Waals surface area contributed by atoms with E-state index in [1.807, 2.05) is 24.3 Å². The lowest BCUT2D eigenvalue weighted by molar-refractivity contribution is 0.667. The average Bonchev–Trinajstić information content (AvgIpc) is 3.82. The van der Waals surface area contributed by atoms with Crippen LogP contribution in [0, 0.1) is 0 Å². The summed E-state index contributed by atoms with van der Waals surface area (Å²) in [5, 5.41) is 8.17. The molecular formula is C51H34N4O. The largest absolute Gasteiger partial charge is 0.456 e. The minimum absolute atomic E-state index is 0.312. The first-order valence-corrected chi connectivity index (χ1v) is 18.9. The molecule has 0 aliphatic carbocycles. The van der Waals surface area contributed by atoms with Crippen LogP contribution in [0.3, 0.4) is 0 Å². The predicted molar refractivity (Wildman–Crippen MR) is 231 cm³/mol. The van der Waals surface area contributed by atoms with Crippen molar-refractivity contribution in [1.29, 1.82) is 0 Å². The van der Waals surface area contributed by atoms with Crippen LogP contribution in [0.15, 0.2) is 209 Å². The molecule has 0 radical (unpaired) electrons. The van der Waals surface area contributed by atoms with E-state index in [0.717, 1.165) is 72.3 Å². The summed E-state index contributed by atoms with van der Waals surface area (Å²) in [5.74, 6) is 1.42. The Morgan fingerprint density at radius 2 is 1.07 bits per heavy atom. The Labute approximate surface area is 323 Å². The molecule has 1 unspecified atom stereocenters. The van der Waals surface area contributed by atoms with Gasteiger partial charge < -0.3 is 14.3 Å². The number of amidine groups is 2. The van der Waals surface area contributed by atoms with Gasteiger partial charge in [0.05, 0.1) is 22.1 Å². The van der Waals surface area contributed by atoms with Crippen molar-refractivity contribution in [2.45, 2.75) is 6.17 Å². The van der Waals surface area contributed by atoms with E-state index in [-0.39, 0.29) is 6.17 Å². The van der Waals surface area contributed by atoms with Gasteiger partial charge in [-0.2, -0.15) is 0 Å². The summed E-state index contributed by atoms with van der Waals surface area (Å²) in [7, 11) is 0. The lowest BCUT2D eigenvalue weighted by atomic mass is 10.0. The first-order chi connectivity index (χ1) is 27.7. The fraction of sp³-hybridized carbons (Fsp3) is 0.0196. The van der Waals surface area contributed by atoms with Crippen molar-refractivity contribution in [2.24, 2.45) is 9.98 Å². The minimum Gasteiger partial charge on any atom is -0.456 e. The highest BCUT2D eigenvalue weighted by Gasteiger charge is 2.23. The summed E-state index contributed by atoms with van der Waals surface area (Å²) in [4.78, 5) is 10.3. The van der Waals surface area contributed by atoms with E-state index >= 15 is 0 Å². The highest BCUT2D eigenvalue weighted by Crippen LogP contribution is 2.40. The van der Waals surface area contributed by atoms with Gasteiger partial charge in [-0.15, -0.1) is 0 Å². The SMILES string of the molecule is c1ccc(-c2cccc(C3=NC(c4ccc5c(c4)oc4cccc(-n6c7ccccc7c7ccc(-c8ccccc8)cc76)c45)=NC(c4ccccc4)N3)c2)cc1. The zero-order valence-corrected chi connectivity index (χ0v) is 30.3. The van der Waals surface area contributed by atoms with Gasteiger partial charge in [-0.1, -0.05) is 152 Å². The topological polar surface area (TPSA) is 54.8 Å². The summed E-state index contributed by atoms with van der Waals surface area (Å²) in [6, 6.07) is 68.0. The molecule has 5 nitrogen and oxygen atoms in total. The van der Waals surface area contributed by atoms with Crippen molar-refractivity contribution in [3.8, 4) is 27.9 Å².